The third kappa shape index (κ3) is 2.88. The summed E-state index contributed by atoms with van der Waals surface area (Å²) in [4.78, 5) is 13.7. The van der Waals surface area contributed by atoms with Gasteiger partial charge in [0.15, 0.2) is 0 Å². The Morgan fingerprint density at radius 1 is 1.44 bits per heavy atom. The summed E-state index contributed by atoms with van der Waals surface area (Å²) in [6.07, 6.45) is 1.70. The van der Waals surface area contributed by atoms with Gasteiger partial charge >= 0.3 is 5.97 Å². The minimum Gasteiger partial charge on any atom is -0.481 e. The van der Waals surface area contributed by atoms with Crippen LogP contribution in [0.4, 0.5) is 4.39 Å². The highest BCUT2D eigenvalue weighted by molar-refractivity contribution is 5.76. The van der Waals surface area contributed by atoms with Crippen molar-refractivity contribution in [3.05, 3.63) is 35.6 Å². The third-order valence-corrected chi connectivity index (χ3v) is 3.71. The molecule has 1 unspecified atom stereocenters. The zero-order chi connectivity index (χ0) is 13.1. The number of carboxylic acids is 1. The standard InChI is InChI=1S/C14H18FNO2/c1-16-7-5-10(6-8-16)13(14(17)18)11-3-2-4-12(15)9-11/h2-4,9-10,13H,5-8H2,1H3,(H,17,18). The molecule has 2 rings (SSSR count). The van der Waals surface area contributed by atoms with Gasteiger partial charge < -0.3 is 10.0 Å². The van der Waals surface area contributed by atoms with Crippen LogP contribution in [0.3, 0.4) is 0 Å². The molecule has 1 atom stereocenters. The Kier molecular flexibility index (Phi) is 3.97. The average Bonchev–Trinajstić information content (AvgIpc) is 2.32. The van der Waals surface area contributed by atoms with Gasteiger partial charge in [-0.25, -0.2) is 4.39 Å². The SMILES string of the molecule is CN1CCC(C(C(=O)O)c2cccc(F)c2)CC1. The summed E-state index contributed by atoms with van der Waals surface area (Å²) in [6, 6.07) is 5.98. The Balaban J connectivity index is 2.21. The van der Waals surface area contributed by atoms with E-state index in [0.29, 0.717) is 5.56 Å². The number of hydrogen-bond donors (Lipinski definition) is 1. The van der Waals surface area contributed by atoms with Gasteiger partial charge in [-0.05, 0) is 56.6 Å². The van der Waals surface area contributed by atoms with Gasteiger partial charge in [-0.15, -0.1) is 0 Å². The van der Waals surface area contributed by atoms with Gasteiger partial charge in [0.05, 0.1) is 5.92 Å². The quantitative estimate of drug-likeness (QED) is 0.896. The molecule has 0 radical (unpaired) electrons. The Bertz CT molecular complexity index is 428. The zero-order valence-electron chi connectivity index (χ0n) is 10.5. The molecule has 0 spiro atoms. The average molecular weight is 251 g/mol. The predicted octanol–water partition coefficient (Wildman–Crippen LogP) is 2.34. The number of likely N-dealkylation sites (tertiary alicyclic amines) is 1. The third-order valence-electron chi connectivity index (χ3n) is 3.71. The second-order valence-corrected chi connectivity index (χ2v) is 5.01. The fraction of sp³-hybridized carbons (Fsp3) is 0.500. The molecule has 1 saturated heterocycles. The number of aliphatic carboxylic acids is 1. The van der Waals surface area contributed by atoms with Crippen molar-refractivity contribution >= 4 is 5.97 Å². The summed E-state index contributed by atoms with van der Waals surface area (Å²) in [7, 11) is 2.04. The Morgan fingerprint density at radius 2 is 2.11 bits per heavy atom. The van der Waals surface area contributed by atoms with Crippen LogP contribution in [0.1, 0.15) is 24.3 Å². The summed E-state index contributed by atoms with van der Waals surface area (Å²) in [5.41, 5.74) is 0.581. The number of carbonyl (C=O) groups is 1. The first-order valence-corrected chi connectivity index (χ1v) is 6.24. The van der Waals surface area contributed by atoms with Crippen LogP contribution in [0, 0.1) is 11.7 Å². The molecule has 1 aliphatic rings. The lowest BCUT2D eigenvalue weighted by Crippen LogP contribution is -2.35. The Morgan fingerprint density at radius 3 is 2.67 bits per heavy atom. The highest BCUT2D eigenvalue weighted by atomic mass is 19.1. The van der Waals surface area contributed by atoms with E-state index in [4.69, 9.17) is 0 Å². The van der Waals surface area contributed by atoms with Crippen LogP contribution < -0.4 is 0 Å². The predicted molar refractivity (Wildman–Crippen MR) is 67.0 cm³/mol. The van der Waals surface area contributed by atoms with Crippen LogP contribution >= 0.6 is 0 Å². The molecular formula is C14H18FNO2. The minimum absolute atomic E-state index is 0.0977. The second kappa shape index (κ2) is 5.48. The topological polar surface area (TPSA) is 40.5 Å². The first kappa shape index (κ1) is 13.0. The fourth-order valence-electron chi connectivity index (χ4n) is 2.68. The van der Waals surface area contributed by atoms with Crippen LogP contribution in [0.25, 0.3) is 0 Å². The summed E-state index contributed by atoms with van der Waals surface area (Å²) in [5.74, 6) is -1.71. The molecule has 1 aromatic rings. The summed E-state index contributed by atoms with van der Waals surface area (Å²) >= 11 is 0. The van der Waals surface area contributed by atoms with Crippen molar-refractivity contribution in [3.63, 3.8) is 0 Å². The maximum absolute atomic E-state index is 13.2. The van der Waals surface area contributed by atoms with E-state index >= 15 is 0 Å². The van der Waals surface area contributed by atoms with Crippen molar-refractivity contribution in [1.29, 1.82) is 0 Å². The number of rotatable bonds is 3. The molecule has 0 aromatic heterocycles. The highest BCUT2D eigenvalue weighted by Crippen LogP contribution is 2.32. The molecule has 1 aliphatic heterocycles. The van der Waals surface area contributed by atoms with Gasteiger partial charge in [0.2, 0.25) is 0 Å². The number of nitrogens with zero attached hydrogens (tertiary/aromatic N) is 1. The molecule has 4 heteroatoms. The molecule has 0 saturated carbocycles. The van der Waals surface area contributed by atoms with Crippen LogP contribution in [0.5, 0.6) is 0 Å². The first-order valence-electron chi connectivity index (χ1n) is 6.24. The van der Waals surface area contributed by atoms with E-state index in [-0.39, 0.29) is 11.7 Å². The van der Waals surface area contributed by atoms with Crippen molar-refractivity contribution in [3.8, 4) is 0 Å². The fourth-order valence-corrected chi connectivity index (χ4v) is 2.68. The molecule has 1 aromatic carbocycles. The lowest BCUT2D eigenvalue weighted by atomic mass is 9.80. The number of piperidine rings is 1. The molecule has 18 heavy (non-hydrogen) atoms. The molecule has 1 N–H and O–H groups in total. The van der Waals surface area contributed by atoms with E-state index in [0.717, 1.165) is 25.9 Å². The van der Waals surface area contributed by atoms with Gasteiger partial charge in [-0.3, -0.25) is 4.79 Å². The van der Waals surface area contributed by atoms with Crippen molar-refractivity contribution in [2.75, 3.05) is 20.1 Å². The van der Waals surface area contributed by atoms with E-state index in [9.17, 15) is 14.3 Å². The Hall–Kier alpha value is -1.42. The second-order valence-electron chi connectivity index (χ2n) is 5.01. The van der Waals surface area contributed by atoms with E-state index in [2.05, 4.69) is 4.90 Å². The molecule has 3 nitrogen and oxygen atoms in total. The van der Waals surface area contributed by atoms with E-state index in [1.165, 1.54) is 12.1 Å². The van der Waals surface area contributed by atoms with Crippen LogP contribution in [0.15, 0.2) is 24.3 Å². The summed E-state index contributed by atoms with van der Waals surface area (Å²) < 4.78 is 13.2. The molecule has 0 amide bonds. The van der Waals surface area contributed by atoms with Crippen molar-refractivity contribution in [2.45, 2.75) is 18.8 Å². The normalized spacial score (nSPS) is 19.7. The van der Waals surface area contributed by atoms with Crippen molar-refractivity contribution in [1.82, 2.24) is 4.90 Å². The van der Waals surface area contributed by atoms with Crippen LogP contribution in [-0.2, 0) is 4.79 Å². The van der Waals surface area contributed by atoms with Crippen LogP contribution in [0.2, 0.25) is 0 Å². The Labute approximate surface area is 106 Å². The summed E-state index contributed by atoms with van der Waals surface area (Å²) in [6.45, 7) is 1.81. The van der Waals surface area contributed by atoms with Crippen molar-refractivity contribution < 1.29 is 14.3 Å². The zero-order valence-corrected chi connectivity index (χ0v) is 10.5. The van der Waals surface area contributed by atoms with E-state index < -0.39 is 11.9 Å². The van der Waals surface area contributed by atoms with Crippen LogP contribution in [-0.4, -0.2) is 36.1 Å². The first-order chi connectivity index (χ1) is 8.58. The van der Waals surface area contributed by atoms with Gasteiger partial charge in [-0.1, -0.05) is 12.1 Å². The number of carboxylic acid groups (broad SMARTS) is 1. The van der Waals surface area contributed by atoms with Crippen molar-refractivity contribution in [2.24, 2.45) is 5.92 Å². The van der Waals surface area contributed by atoms with Gasteiger partial charge in [0, 0.05) is 0 Å². The number of halogens is 1. The van der Waals surface area contributed by atoms with E-state index in [1.54, 1.807) is 12.1 Å². The van der Waals surface area contributed by atoms with Gasteiger partial charge in [-0.2, -0.15) is 0 Å². The number of hydrogen-bond acceptors (Lipinski definition) is 2. The number of benzene rings is 1. The largest absolute Gasteiger partial charge is 0.481 e. The summed E-state index contributed by atoms with van der Waals surface area (Å²) in [5, 5.41) is 9.40. The molecule has 1 heterocycles. The molecule has 1 fully saturated rings. The van der Waals surface area contributed by atoms with Gasteiger partial charge in [0.1, 0.15) is 5.82 Å². The maximum Gasteiger partial charge on any atom is 0.311 e. The maximum atomic E-state index is 13.2. The highest BCUT2D eigenvalue weighted by Gasteiger charge is 2.31. The molecular weight excluding hydrogens is 233 g/mol. The molecule has 0 aliphatic carbocycles. The van der Waals surface area contributed by atoms with E-state index in [1.807, 2.05) is 7.05 Å². The monoisotopic (exact) mass is 251 g/mol. The minimum atomic E-state index is -0.852. The molecule has 98 valence electrons. The lowest BCUT2D eigenvalue weighted by molar-refractivity contribution is -0.140. The van der Waals surface area contributed by atoms with Gasteiger partial charge in [0.25, 0.3) is 0 Å². The smallest absolute Gasteiger partial charge is 0.311 e. The lowest BCUT2D eigenvalue weighted by Gasteiger charge is -2.32. The molecule has 0 bridgehead atoms.